The lowest BCUT2D eigenvalue weighted by Gasteiger charge is -2.14. The number of hydrogen-bond donors (Lipinski definition) is 1. The Kier molecular flexibility index (Phi) is 5.20. The summed E-state index contributed by atoms with van der Waals surface area (Å²) in [6, 6.07) is 12.9. The smallest absolute Gasteiger partial charge is 0.231 e. The van der Waals surface area contributed by atoms with Crippen molar-refractivity contribution in [1.82, 2.24) is 4.98 Å². The van der Waals surface area contributed by atoms with Crippen LogP contribution in [-0.2, 0) is 10.2 Å². The summed E-state index contributed by atoms with van der Waals surface area (Å²) in [4.78, 5) is 29.1. The number of carbonyl (C=O) groups excluding carboxylic acids is 2. The normalized spacial score (nSPS) is 15.6. The number of hydrogen-bond acceptors (Lipinski definition) is 5. The molecule has 5 nitrogen and oxygen atoms in total. The number of ketones is 1. The van der Waals surface area contributed by atoms with Crippen LogP contribution in [0.2, 0.25) is 0 Å². The van der Waals surface area contributed by atoms with E-state index >= 15 is 0 Å². The van der Waals surface area contributed by atoms with Crippen LogP contribution in [-0.4, -0.2) is 23.3 Å². The third-order valence-electron chi connectivity index (χ3n) is 5.24. The maximum Gasteiger partial charge on any atom is 0.231 e. The molecule has 30 heavy (non-hydrogen) atoms. The van der Waals surface area contributed by atoms with E-state index in [9.17, 15) is 9.59 Å². The molecular weight excluding hydrogens is 396 g/mol. The molecular formula is C24H24N2O3S. The molecule has 0 aliphatic carbocycles. The van der Waals surface area contributed by atoms with Crippen LogP contribution >= 0.6 is 11.3 Å². The summed E-state index contributed by atoms with van der Waals surface area (Å²) in [6.07, 6.45) is 0. The first kappa shape index (κ1) is 20.3. The third kappa shape index (κ3) is 4.00. The summed E-state index contributed by atoms with van der Waals surface area (Å²) in [6.45, 7) is 8.22. The zero-order chi connectivity index (χ0) is 21.5. The first-order valence-corrected chi connectivity index (χ1v) is 10.8. The van der Waals surface area contributed by atoms with E-state index in [1.54, 1.807) is 29.5 Å². The van der Waals surface area contributed by atoms with Crippen molar-refractivity contribution in [2.75, 3.05) is 11.9 Å². The van der Waals surface area contributed by atoms with Crippen molar-refractivity contribution in [3.63, 3.8) is 0 Å². The molecule has 2 aromatic carbocycles. The van der Waals surface area contributed by atoms with Gasteiger partial charge in [-0.1, -0.05) is 20.8 Å². The summed E-state index contributed by atoms with van der Waals surface area (Å²) in [5.41, 5.74) is 4.31. The SMILES string of the molecule is C[C@@H]1C(=O)Nc2ccc(C(=O)COc3ccc(-c4nc(C(C)(C)C)cs4)cc3)cc21. The Bertz CT molecular complexity index is 1110. The standard InChI is InChI=1S/C24H24N2O3S/c1-14-18-11-16(7-10-19(18)25-22(14)28)20(27)12-29-17-8-5-15(6-9-17)23-26-21(13-30-23)24(2,3)4/h5-11,13-14H,12H2,1-4H3,(H,25,28)/t14-/m0/s1. The molecule has 154 valence electrons. The van der Waals surface area contributed by atoms with Gasteiger partial charge in [-0.2, -0.15) is 0 Å². The molecule has 0 fully saturated rings. The number of nitrogens with one attached hydrogen (secondary N) is 1. The van der Waals surface area contributed by atoms with E-state index in [4.69, 9.17) is 9.72 Å². The van der Waals surface area contributed by atoms with Gasteiger partial charge in [0, 0.05) is 27.6 Å². The Morgan fingerprint density at radius 2 is 1.90 bits per heavy atom. The van der Waals surface area contributed by atoms with Crippen LogP contribution < -0.4 is 10.1 Å². The highest BCUT2D eigenvalue weighted by Gasteiger charge is 2.27. The number of benzene rings is 2. The molecule has 0 saturated carbocycles. The van der Waals surface area contributed by atoms with Crippen LogP contribution in [0.1, 0.15) is 55.2 Å². The Morgan fingerprint density at radius 3 is 2.57 bits per heavy atom. The third-order valence-corrected chi connectivity index (χ3v) is 6.13. The fraction of sp³-hybridized carbons (Fsp3) is 0.292. The van der Waals surface area contributed by atoms with Gasteiger partial charge in [0.25, 0.3) is 0 Å². The monoisotopic (exact) mass is 420 g/mol. The van der Waals surface area contributed by atoms with Crippen LogP contribution in [0.5, 0.6) is 5.75 Å². The van der Waals surface area contributed by atoms with Crippen LogP contribution in [0.3, 0.4) is 0 Å². The average Bonchev–Trinajstić information content (AvgIpc) is 3.32. The molecule has 0 bridgehead atoms. The number of thiazole rings is 1. The highest BCUT2D eigenvalue weighted by molar-refractivity contribution is 7.13. The minimum absolute atomic E-state index is 0.0247. The minimum Gasteiger partial charge on any atom is -0.485 e. The number of amides is 1. The fourth-order valence-electron chi connectivity index (χ4n) is 3.27. The lowest BCUT2D eigenvalue weighted by Crippen LogP contribution is -2.12. The highest BCUT2D eigenvalue weighted by atomic mass is 32.1. The fourth-order valence-corrected chi connectivity index (χ4v) is 4.32. The molecule has 0 radical (unpaired) electrons. The van der Waals surface area contributed by atoms with Gasteiger partial charge >= 0.3 is 0 Å². The van der Waals surface area contributed by atoms with Crippen molar-refractivity contribution in [3.8, 4) is 16.3 Å². The molecule has 0 unspecified atom stereocenters. The number of aromatic nitrogens is 1. The molecule has 0 spiro atoms. The van der Waals surface area contributed by atoms with E-state index < -0.39 is 0 Å². The second kappa shape index (κ2) is 7.69. The number of Topliss-reactive ketones (excluding diaryl/α,β-unsaturated/α-hetero) is 1. The van der Waals surface area contributed by atoms with Gasteiger partial charge in [0.1, 0.15) is 10.8 Å². The van der Waals surface area contributed by atoms with Gasteiger partial charge < -0.3 is 10.1 Å². The summed E-state index contributed by atoms with van der Waals surface area (Å²) in [7, 11) is 0. The molecule has 2 heterocycles. The van der Waals surface area contributed by atoms with Gasteiger partial charge in [-0.05, 0) is 55.0 Å². The maximum atomic E-state index is 12.6. The van der Waals surface area contributed by atoms with Crippen molar-refractivity contribution in [2.24, 2.45) is 0 Å². The van der Waals surface area contributed by atoms with Gasteiger partial charge in [0.2, 0.25) is 5.91 Å². The van der Waals surface area contributed by atoms with E-state index in [1.165, 1.54) is 0 Å². The second-order valence-corrected chi connectivity index (χ2v) is 9.40. The Balaban J connectivity index is 1.41. The number of nitrogens with zero attached hydrogens (tertiary/aromatic N) is 1. The lowest BCUT2D eigenvalue weighted by molar-refractivity contribution is -0.116. The number of rotatable bonds is 5. The molecule has 1 aliphatic heterocycles. The molecule has 3 aromatic rings. The predicted octanol–water partition coefficient (Wildman–Crippen LogP) is 5.42. The molecule has 1 amide bonds. The zero-order valence-electron chi connectivity index (χ0n) is 17.5. The van der Waals surface area contributed by atoms with Gasteiger partial charge in [0.05, 0.1) is 11.6 Å². The largest absolute Gasteiger partial charge is 0.485 e. The van der Waals surface area contributed by atoms with Crippen molar-refractivity contribution < 1.29 is 14.3 Å². The highest BCUT2D eigenvalue weighted by Crippen LogP contribution is 2.33. The molecule has 0 saturated heterocycles. The summed E-state index contributed by atoms with van der Waals surface area (Å²) >= 11 is 1.63. The van der Waals surface area contributed by atoms with E-state index in [2.05, 4.69) is 31.5 Å². The number of anilines is 1. The van der Waals surface area contributed by atoms with Crippen molar-refractivity contribution in [1.29, 1.82) is 0 Å². The number of fused-ring (bicyclic) bond motifs is 1. The maximum absolute atomic E-state index is 12.6. The first-order chi connectivity index (χ1) is 14.2. The van der Waals surface area contributed by atoms with E-state index in [-0.39, 0.29) is 29.6 Å². The summed E-state index contributed by atoms with van der Waals surface area (Å²) in [5.74, 6) is 0.223. The molecule has 1 N–H and O–H groups in total. The van der Waals surface area contributed by atoms with Crippen molar-refractivity contribution >= 4 is 28.7 Å². The van der Waals surface area contributed by atoms with E-state index in [0.29, 0.717) is 11.3 Å². The Labute approximate surface area is 180 Å². The van der Waals surface area contributed by atoms with Gasteiger partial charge in [-0.25, -0.2) is 4.98 Å². The van der Waals surface area contributed by atoms with E-state index in [0.717, 1.165) is 27.5 Å². The van der Waals surface area contributed by atoms with Crippen LogP contribution in [0.4, 0.5) is 5.69 Å². The van der Waals surface area contributed by atoms with Gasteiger partial charge in [-0.15, -0.1) is 11.3 Å². The van der Waals surface area contributed by atoms with Crippen LogP contribution in [0.15, 0.2) is 47.8 Å². The van der Waals surface area contributed by atoms with E-state index in [1.807, 2.05) is 31.2 Å². The molecule has 6 heteroatoms. The molecule has 1 aromatic heterocycles. The lowest BCUT2D eigenvalue weighted by atomic mass is 9.93. The van der Waals surface area contributed by atoms with Gasteiger partial charge in [-0.3, -0.25) is 9.59 Å². The molecule has 1 atom stereocenters. The van der Waals surface area contributed by atoms with Crippen molar-refractivity contribution in [3.05, 3.63) is 64.7 Å². The van der Waals surface area contributed by atoms with Crippen LogP contribution in [0.25, 0.3) is 10.6 Å². The van der Waals surface area contributed by atoms with Gasteiger partial charge in [0.15, 0.2) is 12.4 Å². The molecule has 1 aliphatic rings. The number of carbonyl (C=O) groups is 2. The average molecular weight is 421 g/mol. The second-order valence-electron chi connectivity index (χ2n) is 8.54. The predicted molar refractivity (Wildman–Crippen MR) is 120 cm³/mol. The summed E-state index contributed by atoms with van der Waals surface area (Å²) in [5, 5.41) is 5.88. The topological polar surface area (TPSA) is 68.3 Å². The Hall–Kier alpha value is -2.99. The summed E-state index contributed by atoms with van der Waals surface area (Å²) < 4.78 is 5.69. The minimum atomic E-state index is -0.245. The molecule has 4 rings (SSSR count). The van der Waals surface area contributed by atoms with Crippen molar-refractivity contribution in [2.45, 2.75) is 39.0 Å². The zero-order valence-corrected chi connectivity index (χ0v) is 18.3. The quantitative estimate of drug-likeness (QED) is 0.559. The number of ether oxygens (including phenoxy) is 1. The first-order valence-electron chi connectivity index (χ1n) is 9.89. The Morgan fingerprint density at radius 1 is 1.17 bits per heavy atom. The van der Waals surface area contributed by atoms with Crippen LogP contribution in [0, 0.1) is 0 Å².